The van der Waals surface area contributed by atoms with Crippen molar-refractivity contribution in [3.8, 4) is 5.75 Å². The summed E-state index contributed by atoms with van der Waals surface area (Å²) in [5.41, 5.74) is 0.307. The first kappa shape index (κ1) is 36.4. The van der Waals surface area contributed by atoms with Gasteiger partial charge in [-0.1, -0.05) is 50.4 Å². The lowest BCUT2D eigenvalue weighted by Crippen LogP contribution is -2.54. The summed E-state index contributed by atoms with van der Waals surface area (Å²) in [6.45, 7) is 11.4. The normalized spacial score (nSPS) is 36.0. The van der Waals surface area contributed by atoms with E-state index in [9.17, 15) is 18.0 Å². The number of hydrogen-bond acceptors (Lipinski definition) is 8. The van der Waals surface area contributed by atoms with Crippen molar-refractivity contribution < 1.29 is 27.5 Å². The van der Waals surface area contributed by atoms with Gasteiger partial charge in [0.25, 0.3) is 5.91 Å². The number of carbonyl (C=O) groups is 2. The van der Waals surface area contributed by atoms with E-state index in [-0.39, 0.29) is 28.7 Å². The fourth-order valence-electron chi connectivity index (χ4n) is 8.78. The second-order valence-corrected chi connectivity index (χ2v) is 18.1. The van der Waals surface area contributed by atoms with E-state index < -0.39 is 26.6 Å². The number of nitrogens with zero attached hydrogens (tertiary/aromatic N) is 2. The number of carbonyl (C=O) groups excluding carboxylic acids is 2. The Morgan fingerprint density at radius 2 is 1.86 bits per heavy atom. The van der Waals surface area contributed by atoms with Crippen LogP contribution in [-0.4, -0.2) is 83.3 Å². The van der Waals surface area contributed by atoms with Crippen molar-refractivity contribution in [3.63, 3.8) is 0 Å². The number of benzene rings is 1. The van der Waals surface area contributed by atoms with Gasteiger partial charge in [0, 0.05) is 54.1 Å². The van der Waals surface area contributed by atoms with E-state index in [0.717, 1.165) is 75.4 Å². The van der Waals surface area contributed by atoms with Gasteiger partial charge < -0.3 is 19.2 Å². The second-order valence-electron chi connectivity index (χ2n) is 15.6. The van der Waals surface area contributed by atoms with Crippen molar-refractivity contribution in [1.82, 2.24) is 9.62 Å². The first-order valence-electron chi connectivity index (χ1n) is 18.3. The Bertz CT molecular complexity index is 1540. The highest BCUT2D eigenvalue weighted by molar-refractivity contribution is 7.90. The molecule has 5 aliphatic rings. The van der Waals surface area contributed by atoms with Crippen molar-refractivity contribution in [2.45, 2.75) is 77.4 Å². The molecular weight excluding hydrogens is 662 g/mol. The van der Waals surface area contributed by atoms with Gasteiger partial charge in [0.2, 0.25) is 10.0 Å². The minimum atomic E-state index is -3.95. The highest BCUT2D eigenvalue weighted by Crippen LogP contribution is 2.50. The van der Waals surface area contributed by atoms with Crippen molar-refractivity contribution in [3.05, 3.63) is 47.0 Å². The van der Waals surface area contributed by atoms with Gasteiger partial charge in [-0.15, -0.1) is 0 Å². The van der Waals surface area contributed by atoms with Gasteiger partial charge in [0.15, 0.2) is 0 Å². The summed E-state index contributed by atoms with van der Waals surface area (Å²) in [6, 6.07) is 5.29. The molecule has 1 amide bonds. The number of fused-ring (bicyclic) bond motifs is 3. The first-order valence-corrected chi connectivity index (χ1v) is 20.3. The molecule has 1 saturated heterocycles. The summed E-state index contributed by atoms with van der Waals surface area (Å²) in [7, 11) is -3.95. The first-order chi connectivity index (χ1) is 23.4. The SMILES string of the molecule is C[C@@H]1[C@@H](C)CCC[C@](C=O)(CN2CCOCC2)[C@@H]2CC[C@H]2CN2CCCCC3C=C(Cl)C=CC3(C)COc3ccc(cc32)C(=O)NS1(=O)=O. The zero-order chi connectivity index (χ0) is 34.8. The van der Waals surface area contributed by atoms with Gasteiger partial charge >= 0.3 is 0 Å². The van der Waals surface area contributed by atoms with Crippen LogP contribution in [0.15, 0.2) is 41.5 Å². The third-order valence-corrected chi connectivity index (χ3v) is 14.6. The van der Waals surface area contributed by atoms with Crippen molar-refractivity contribution in [2.75, 3.05) is 57.4 Å². The highest BCUT2D eigenvalue weighted by Gasteiger charge is 2.49. The van der Waals surface area contributed by atoms with Crippen molar-refractivity contribution >= 4 is 39.5 Å². The molecule has 6 rings (SSSR count). The number of ether oxygens (including phenoxy) is 2. The zero-order valence-electron chi connectivity index (χ0n) is 29.4. The maximum atomic E-state index is 13.6. The average Bonchev–Trinajstić information content (AvgIpc) is 3.09. The molecule has 9 nitrogen and oxygen atoms in total. The fraction of sp³-hybridized carbons (Fsp3) is 0.684. The average molecular weight is 716 g/mol. The van der Waals surface area contributed by atoms with Crippen LogP contribution in [0.25, 0.3) is 0 Å². The molecule has 2 bridgehead atoms. The van der Waals surface area contributed by atoms with Gasteiger partial charge in [-0.25, -0.2) is 13.1 Å². The lowest BCUT2D eigenvalue weighted by atomic mass is 9.57. The van der Waals surface area contributed by atoms with Crippen LogP contribution in [0.1, 0.15) is 82.5 Å². The van der Waals surface area contributed by atoms with Crippen LogP contribution in [0.2, 0.25) is 0 Å². The summed E-state index contributed by atoms with van der Waals surface area (Å²) in [5, 5.41) is -0.0185. The lowest BCUT2D eigenvalue weighted by molar-refractivity contribution is -0.128. The smallest absolute Gasteiger partial charge is 0.264 e. The van der Waals surface area contributed by atoms with Crippen LogP contribution >= 0.6 is 11.6 Å². The number of allylic oxidation sites excluding steroid dienone is 3. The molecule has 49 heavy (non-hydrogen) atoms. The number of nitrogens with one attached hydrogen (secondary N) is 1. The Kier molecular flexibility index (Phi) is 11.2. The number of hydrogen-bond donors (Lipinski definition) is 1. The van der Waals surface area contributed by atoms with E-state index in [2.05, 4.69) is 33.6 Å². The molecule has 3 heterocycles. The van der Waals surface area contributed by atoms with Crippen LogP contribution in [0.3, 0.4) is 0 Å². The van der Waals surface area contributed by atoms with Crippen molar-refractivity contribution in [1.29, 1.82) is 0 Å². The number of morpholine rings is 1. The van der Waals surface area contributed by atoms with Crippen LogP contribution < -0.4 is 14.4 Å². The van der Waals surface area contributed by atoms with Gasteiger partial charge in [0.1, 0.15) is 12.0 Å². The Labute approximate surface area is 297 Å². The Morgan fingerprint density at radius 1 is 1.06 bits per heavy atom. The molecule has 1 aromatic rings. The van der Waals surface area contributed by atoms with Crippen molar-refractivity contribution in [2.24, 2.45) is 34.5 Å². The number of anilines is 1. The van der Waals surface area contributed by atoms with E-state index in [1.165, 1.54) is 6.29 Å². The van der Waals surface area contributed by atoms with Crippen LogP contribution in [0.4, 0.5) is 5.69 Å². The fourth-order valence-corrected chi connectivity index (χ4v) is 10.3. The maximum Gasteiger partial charge on any atom is 0.264 e. The predicted molar refractivity (Wildman–Crippen MR) is 194 cm³/mol. The molecule has 2 aliphatic carbocycles. The standard InChI is InChI=1S/C38H54ClN3O6S/c1-27-7-6-14-38(25-43,24-41-17-19-47-20-18-41)33-11-9-30(33)23-42-16-5-4-8-31-22-32(39)13-15-37(31,3)26-48-35-12-10-29(21-34(35)42)36(44)40-49(45,46)28(27)2/h10,12-13,15,21-22,25,27-28,30-31,33H,4-9,11,14,16-20,23-24,26H2,1-3H3,(H,40,44)/t27-,28+,30-,31?,33+,37?,38+/m0/s1. The number of sulfonamides is 1. The van der Waals surface area contributed by atoms with Gasteiger partial charge in [-0.3, -0.25) is 9.69 Å². The highest BCUT2D eigenvalue weighted by atomic mass is 35.5. The van der Waals surface area contributed by atoms with Crippen LogP contribution in [0.5, 0.6) is 5.75 Å². The molecular formula is C38H54ClN3O6S. The number of halogens is 1. The van der Waals surface area contributed by atoms with Gasteiger partial charge in [-0.05, 0) is 93.4 Å². The number of rotatable bonds is 3. The van der Waals surface area contributed by atoms with E-state index in [4.69, 9.17) is 21.1 Å². The molecule has 7 atom stereocenters. The second kappa shape index (κ2) is 15.1. The van der Waals surface area contributed by atoms with Gasteiger partial charge in [0.05, 0.1) is 30.8 Å². The molecule has 1 aromatic carbocycles. The predicted octanol–water partition coefficient (Wildman–Crippen LogP) is 6.18. The molecule has 0 radical (unpaired) electrons. The number of aldehydes is 1. The lowest BCUT2D eigenvalue weighted by Gasteiger charge is -2.51. The summed E-state index contributed by atoms with van der Waals surface area (Å²) in [4.78, 5) is 31.7. The third-order valence-electron chi connectivity index (χ3n) is 12.4. The summed E-state index contributed by atoms with van der Waals surface area (Å²) >= 11 is 6.46. The topological polar surface area (TPSA) is 105 Å². The molecule has 1 N–H and O–H groups in total. The Hall–Kier alpha value is -2.40. The molecule has 1 saturated carbocycles. The zero-order valence-corrected chi connectivity index (χ0v) is 30.9. The molecule has 2 unspecified atom stereocenters. The summed E-state index contributed by atoms with van der Waals surface area (Å²) in [5.74, 6) is 0.602. The number of amides is 1. The monoisotopic (exact) mass is 715 g/mol. The molecule has 2 fully saturated rings. The van der Waals surface area contributed by atoms with E-state index >= 15 is 0 Å². The van der Waals surface area contributed by atoms with Gasteiger partial charge in [-0.2, -0.15) is 0 Å². The molecule has 270 valence electrons. The van der Waals surface area contributed by atoms with Crippen LogP contribution in [0, 0.1) is 34.5 Å². The minimum Gasteiger partial charge on any atom is -0.490 e. The minimum absolute atomic E-state index is 0.191. The Balaban J connectivity index is 1.39. The largest absolute Gasteiger partial charge is 0.490 e. The summed E-state index contributed by atoms with van der Waals surface area (Å²) in [6.07, 6.45) is 14.6. The third kappa shape index (κ3) is 7.92. The molecule has 0 spiro atoms. The van der Waals surface area contributed by atoms with Crippen LogP contribution in [-0.2, 0) is 19.6 Å². The maximum absolute atomic E-state index is 13.6. The molecule has 3 aliphatic heterocycles. The van der Waals surface area contributed by atoms with E-state index in [1.54, 1.807) is 19.1 Å². The summed E-state index contributed by atoms with van der Waals surface area (Å²) < 4.78 is 41.7. The Morgan fingerprint density at radius 3 is 2.59 bits per heavy atom. The quantitative estimate of drug-likeness (QED) is 0.370. The molecule has 0 aromatic heterocycles. The van der Waals surface area contributed by atoms with E-state index in [0.29, 0.717) is 50.9 Å². The van der Waals surface area contributed by atoms with E-state index in [1.807, 2.05) is 19.1 Å². The molecule has 11 heteroatoms.